The first-order valence-electron chi connectivity index (χ1n) is 8.11. The van der Waals surface area contributed by atoms with Crippen LogP contribution in [0.1, 0.15) is 41.8 Å². The van der Waals surface area contributed by atoms with E-state index in [9.17, 15) is 4.79 Å². The predicted molar refractivity (Wildman–Crippen MR) is 89.0 cm³/mol. The van der Waals surface area contributed by atoms with Crippen molar-refractivity contribution in [2.45, 2.75) is 44.7 Å². The lowest BCUT2D eigenvalue weighted by Gasteiger charge is -2.32. The Hall–Kier alpha value is -2.14. The fourth-order valence-electron chi connectivity index (χ4n) is 3.06. The second-order valence-corrected chi connectivity index (χ2v) is 6.43. The minimum Gasteiger partial charge on any atom is -0.350 e. The fourth-order valence-corrected chi connectivity index (χ4v) is 3.06. The van der Waals surface area contributed by atoms with Crippen LogP contribution in [0.4, 0.5) is 0 Å². The number of carbonyl (C=O) groups excluding carboxylic acids is 1. The number of amides is 1. The number of hydrogen-bond acceptors (Lipinski definition) is 4. The van der Waals surface area contributed by atoms with Crippen molar-refractivity contribution in [1.29, 1.82) is 0 Å². The first kappa shape index (κ1) is 15.7. The zero-order chi connectivity index (χ0) is 16.4. The van der Waals surface area contributed by atoms with Crippen LogP contribution < -0.4 is 5.73 Å². The molecule has 1 aliphatic rings. The van der Waals surface area contributed by atoms with Crippen LogP contribution in [0.2, 0.25) is 0 Å². The minimum atomic E-state index is -0.115. The maximum Gasteiger partial charge on any atom is 0.292 e. The Bertz CT molecular complexity index is 670. The van der Waals surface area contributed by atoms with Gasteiger partial charge in [-0.15, -0.1) is 0 Å². The maximum absolute atomic E-state index is 12.6. The molecule has 0 aliphatic heterocycles. The molecule has 2 N–H and O–H groups in total. The van der Waals surface area contributed by atoms with Gasteiger partial charge in [0.2, 0.25) is 5.76 Å². The van der Waals surface area contributed by atoms with Gasteiger partial charge in [0.25, 0.3) is 5.91 Å². The predicted octanol–water partition coefficient (Wildman–Crippen LogP) is 2.99. The molecule has 3 rings (SSSR count). The van der Waals surface area contributed by atoms with Crippen molar-refractivity contribution in [2.24, 2.45) is 5.73 Å². The minimum absolute atomic E-state index is 0.115. The monoisotopic (exact) mass is 313 g/mol. The number of aryl methyl sites for hydroxylation is 1. The summed E-state index contributed by atoms with van der Waals surface area (Å²) in [5.41, 5.74) is 8.75. The highest BCUT2D eigenvalue weighted by molar-refractivity contribution is 5.92. The lowest BCUT2D eigenvalue weighted by atomic mass is 9.91. The summed E-state index contributed by atoms with van der Waals surface area (Å²) in [4.78, 5) is 14.4. The van der Waals surface area contributed by atoms with Crippen LogP contribution in [0, 0.1) is 6.92 Å². The van der Waals surface area contributed by atoms with Crippen LogP contribution >= 0.6 is 0 Å². The molecule has 1 aromatic carbocycles. The number of aromatic nitrogens is 1. The van der Waals surface area contributed by atoms with E-state index in [1.807, 2.05) is 38.2 Å². The van der Waals surface area contributed by atoms with Crippen molar-refractivity contribution < 1.29 is 9.32 Å². The summed E-state index contributed by atoms with van der Waals surface area (Å²) in [6, 6.07) is 10.2. The van der Waals surface area contributed by atoms with E-state index in [0.717, 1.165) is 31.2 Å². The first-order valence-corrected chi connectivity index (χ1v) is 8.11. The molecule has 122 valence electrons. The van der Waals surface area contributed by atoms with Gasteiger partial charge < -0.3 is 15.2 Å². The third-order valence-electron chi connectivity index (χ3n) is 4.68. The van der Waals surface area contributed by atoms with Crippen molar-refractivity contribution in [3.63, 3.8) is 0 Å². The van der Waals surface area contributed by atoms with Crippen molar-refractivity contribution in [3.8, 4) is 11.3 Å². The summed E-state index contributed by atoms with van der Waals surface area (Å²) < 4.78 is 5.28. The Morgan fingerprint density at radius 3 is 2.52 bits per heavy atom. The van der Waals surface area contributed by atoms with Gasteiger partial charge in [-0.2, -0.15) is 0 Å². The number of nitrogens with two attached hydrogens (primary N) is 1. The number of hydrogen-bond donors (Lipinski definition) is 1. The molecule has 1 amide bonds. The molecule has 5 heteroatoms. The second kappa shape index (κ2) is 6.54. The molecule has 0 atom stereocenters. The van der Waals surface area contributed by atoms with Crippen LogP contribution in [-0.2, 0) is 0 Å². The van der Waals surface area contributed by atoms with E-state index in [-0.39, 0.29) is 23.8 Å². The molecular weight excluding hydrogens is 290 g/mol. The van der Waals surface area contributed by atoms with Crippen LogP contribution in [0.25, 0.3) is 11.3 Å². The summed E-state index contributed by atoms with van der Waals surface area (Å²) in [5.74, 6) is 0.175. The van der Waals surface area contributed by atoms with Gasteiger partial charge in [0.1, 0.15) is 5.69 Å². The molecule has 0 radical (unpaired) electrons. The van der Waals surface area contributed by atoms with E-state index in [4.69, 9.17) is 10.3 Å². The highest BCUT2D eigenvalue weighted by Crippen LogP contribution is 2.24. The SMILES string of the molecule is Cc1ccc(-c2cc(C(=O)N(C)C3CCC(N)CC3)on2)cc1. The standard InChI is InChI=1S/C18H23N3O2/c1-12-3-5-13(6-4-12)16-11-17(23-20-16)18(22)21(2)15-9-7-14(19)8-10-15/h3-6,11,14-15H,7-10,19H2,1-2H3. The molecule has 5 nitrogen and oxygen atoms in total. The Morgan fingerprint density at radius 1 is 1.22 bits per heavy atom. The molecule has 0 unspecified atom stereocenters. The summed E-state index contributed by atoms with van der Waals surface area (Å²) >= 11 is 0. The Kier molecular flexibility index (Phi) is 4.48. The zero-order valence-electron chi connectivity index (χ0n) is 13.7. The molecule has 1 fully saturated rings. The van der Waals surface area contributed by atoms with Gasteiger partial charge in [-0.05, 0) is 32.6 Å². The summed E-state index contributed by atoms with van der Waals surface area (Å²) in [7, 11) is 1.83. The average molecular weight is 313 g/mol. The topological polar surface area (TPSA) is 72.4 Å². The molecule has 1 aliphatic carbocycles. The van der Waals surface area contributed by atoms with Crippen LogP contribution in [0.15, 0.2) is 34.9 Å². The largest absolute Gasteiger partial charge is 0.350 e. The van der Waals surface area contributed by atoms with E-state index in [2.05, 4.69) is 5.16 Å². The van der Waals surface area contributed by atoms with E-state index >= 15 is 0 Å². The van der Waals surface area contributed by atoms with Gasteiger partial charge in [-0.1, -0.05) is 35.0 Å². The fraction of sp³-hybridized carbons (Fsp3) is 0.444. The highest BCUT2D eigenvalue weighted by Gasteiger charge is 2.27. The van der Waals surface area contributed by atoms with Gasteiger partial charge in [0.15, 0.2) is 0 Å². The van der Waals surface area contributed by atoms with Crippen molar-refractivity contribution in [1.82, 2.24) is 10.1 Å². The number of nitrogens with zero attached hydrogens (tertiary/aromatic N) is 2. The van der Waals surface area contributed by atoms with E-state index in [1.54, 1.807) is 11.0 Å². The Labute approximate surface area is 136 Å². The molecule has 2 aromatic rings. The third kappa shape index (κ3) is 3.45. The van der Waals surface area contributed by atoms with Crippen molar-refractivity contribution in [2.75, 3.05) is 7.05 Å². The lowest BCUT2D eigenvalue weighted by Crippen LogP contribution is -2.41. The van der Waals surface area contributed by atoms with E-state index in [0.29, 0.717) is 5.69 Å². The van der Waals surface area contributed by atoms with Gasteiger partial charge in [-0.3, -0.25) is 4.79 Å². The van der Waals surface area contributed by atoms with Crippen molar-refractivity contribution >= 4 is 5.91 Å². The molecule has 1 aromatic heterocycles. The molecule has 0 spiro atoms. The highest BCUT2D eigenvalue weighted by atomic mass is 16.5. The van der Waals surface area contributed by atoms with Gasteiger partial charge in [-0.25, -0.2) is 0 Å². The second-order valence-electron chi connectivity index (χ2n) is 6.43. The quantitative estimate of drug-likeness (QED) is 0.945. The number of benzene rings is 1. The van der Waals surface area contributed by atoms with E-state index in [1.165, 1.54) is 5.56 Å². The third-order valence-corrected chi connectivity index (χ3v) is 4.68. The summed E-state index contributed by atoms with van der Waals surface area (Å²) in [6.45, 7) is 2.03. The van der Waals surface area contributed by atoms with Gasteiger partial charge in [0.05, 0.1) is 0 Å². The smallest absolute Gasteiger partial charge is 0.292 e. The molecular formula is C18H23N3O2. The molecule has 0 saturated heterocycles. The molecule has 23 heavy (non-hydrogen) atoms. The lowest BCUT2D eigenvalue weighted by molar-refractivity contribution is 0.0648. The Morgan fingerprint density at radius 2 is 1.87 bits per heavy atom. The first-order chi connectivity index (χ1) is 11.0. The van der Waals surface area contributed by atoms with Gasteiger partial charge >= 0.3 is 0 Å². The van der Waals surface area contributed by atoms with Crippen molar-refractivity contribution in [3.05, 3.63) is 41.7 Å². The van der Waals surface area contributed by atoms with E-state index < -0.39 is 0 Å². The normalized spacial score (nSPS) is 21.2. The number of carbonyl (C=O) groups is 1. The number of rotatable bonds is 3. The van der Waals surface area contributed by atoms with Crippen LogP contribution in [-0.4, -0.2) is 35.1 Å². The maximum atomic E-state index is 12.6. The summed E-state index contributed by atoms with van der Waals surface area (Å²) in [6.07, 6.45) is 3.82. The summed E-state index contributed by atoms with van der Waals surface area (Å²) in [5, 5.41) is 4.03. The van der Waals surface area contributed by atoms with Gasteiger partial charge in [0, 0.05) is 30.8 Å². The Balaban J connectivity index is 1.72. The zero-order valence-corrected chi connectivity index (χ0v) is 13.7. The molecule has 1 heterocycles. The van der Waals surface area contributed by atoms with Crippen LogP contribution in [0.3, 0.4) is 0 Å². The van der Waals surface area contributed by atoms with Crippen LogP contribution in [0.5, 0.6) is 0 Å². The molecule has 1 saturated carbocycles. The molecule has 0 bridgehead atoms. The average Bonchev–Trinajstić information content (AvgIpc) is 3.05.